The third-order valence-electron chi connectivity index (χ3n) is 8.77. The first-order valence-electron chi connectivity index (χ1n) is 15.0. The second-order valence-electron chi connectivity index (χ2n) is 11.3. The van der Waals surface area contributed by atoms with Crippen LogP contribution in [0.3, 0.4) is 0 Å². The molecule has 4 aromatic rings. The Morgan fingerprint density at radius 2 is 1.75 bits per heavy atom. The molecule has 0 bridgehead atoms. The van der Waals surface area contributed by atoms with Gasteiger partial charge in [-0.3, -0.25) is 4.79 Å². The summed E-state index contributed by atoms with van der Waals surface area (Å²) >= 11 is 0. The van der Waals surface area contributed by atoms with Crippen molar-refractivity contribution < 1.29 is 19.1 Å². The molecule has 226 valence electrons. The molecule has 44 heavy (non-hydrogen) atoms. The largest absolute Gasteiger partial charge is 0.497 e. The monoisotopic (exact) mass is 591 g/mol. The summed E-state index contributed by atoms with van der Waals surface area (Å²) in [7, 11) is 1.65. The lowest BCUT2D eigenvalue weighted by Crippen LogP contribution is -2.49. The average Bonchev–Trinajstić information content (AvgIpc) is 3.23. The zero-order valence-electron chi connectivity index (χ0n) is 25.4. The molecule has 6 rings (SSSR count). The molecule has 1 N–H and O–H groups in total. The number of benzene rings is 3. The average molecular weight is 592 g/mol. The number of amides is 2. The number of aromatic nitrogens is 2. The first-order chi connectivity index (χ1) is 21.4. The van der Waals surface area contributed by atoms with Crippen molar-refractivity contribution in [2.45, 2.75) is 45.8 Å². The molecule has 1 saturated heterocycles. The Bertz CT molecular complexity index is 1670. The number of carbonyl (C=O) groups excluding carboxylic acids is 2. The third-order valence-corrected chi connectivity index (χ3v) is 8.77. The van der Waals surface area contributed by atoms with Gasteiger partial charge in [0.25, 0.3) is 0 Å². The lowest BCUT2D eigenvalue weighted by atomic mass is 9.97. The molecule has 2 amide bonds. The molecular formula is C35H37N5O4. The van der Waals surface area contributed by atoms with Gasteiger partial charge in [-0.1, -0.05) is 30.3 Å². The van der Waals surface area contributed by atoms with Gasteiger partial charge >= 0.3 is 6.03 Å². The maximum Gasteiger partial charge on any atom is 0.322 e. The van der Waals surface area contributed by atoms with Gasteiger partial charge in [-0.25, -0.2) is 14.8 Å². The molecule has 9 heteroatoms. The van der Waals surface area contributed by atoms with Crippen LogP contribution in [0.15, 0.2) is 73.1 Å². The van der Waals surface area contributed by atoms with Crippen molar-refractivity contribution in [2.75, 3.05) is 37.0 Å². The zero-order chi connectivity index (χ0) is 30.6. The summed E-state index contributed by atoms with van der Waals surface area (Å²) in [5.41, 5.74) is 5.77. The van der Waals surface area contributed by atoms with Crippen LogP contribution in [0, 0.1) is 13.8 Å². The minimum absolute atomic E-state index is 0.0653. The maximum atomic E-state index is 13.6. The first-order valence-corrected chi connectivity index (χ1v) is 15.0. The number of nitrogens with zero attached hydrogens (tertiary/aromatic N) is 4. The van der Waals surface area contributed by atoms with Gasteiger partial charge in [0.15, 0.2) is 0 Å². The van der Waals surface area contributed by atoms with E-state index in [0.29, 0.717) is 24.4 Å². The maximum absolute atomic E-state index is 13.6. The second kappa shape index (κ2) is 12.8. The lowest BCUT2D eigenvalue weighted by molar-refractivity contribution is 0.103. The molecular weight excluding hydrogens is 554 g/mol. The van der Waals surface area contributed by atoms with Gasteiger partial charge < -0.3 is 24.6 Å². The topological polar surface area (TPSA) is 96.9 Å². The molecule has 0 aliphatic carbocycles. The Balaban J connectivity index is 1.10. The van der Waals surface area contributed by atoms with Crippen molar-refractivity contribution >= 4 is 23.3 Å². The van der Waals surface area contributed by atoms with E-state index < -0.39 is 0 Å². The molecule has 0 unspecified atom stereocenters. The van der Waals surface area contributed by atoms with Crippen LogP contribution in [0.4, 0.5) is 16.3 Å². The second-order valence-corrected chi connectivity index (χ2v) is 11.3. The van der Waals surface area contributed by atoms with Crippen molar-refractivity contribution in [3.8, 4) is 11.5 Å². The highest BCUT2D eigenvalue weighted by molar-refractivity contribution is 6.09. The van der Waals surface area contributed by atoms with Crippen molar-refractivity contribution in [3.63, 3.8) is 0 Å². The van der Waals surface area contributed by atoms with Crippen LogP contribution in [0.5, 0.6) is 11.5 Å². The van der Waals surface area contributed by atoms with Crippen LogP contribution >= 0.6 is 0 Å². The molecule has 1 fully saturated rings. The highest BCUT2D eigenvalue weighted by Gasteiger charge is 2.31. The molecule has 0 radical (unpaired) electrons. The summed E-state index contributed by atoms with van der Waals surface area (Å²) in [6.45, 7) is 6.49. The number of hydrogen-bond donors (Lipinski definition) is 1. The molecule has 3 heterocycles. The smallest absolute Gasteiger partial charge is 0.322 e. The quantitative estimate of drug-likeness (QED) is 0.252. The number of rotatable bonds is 8. The summed E-state index contributed by atoms with van der Waals surface area (Å²) in [5, 5.41) is 3.08. The number of piperidine rings is 1. The van der Waals surface area contributed by atoms with Crippen LogP contribution in [0.25, 0.3) is 0 Å². The van der Waals surface area contributed by atoms with E-state index in [1.54, 1.807) is 13.2 Å². The zero-order valence-corrected chi connectivity index (χ0v) is 25.4. The molecule has 9 nitrogen and oxygen atoms in total. The Hall–Kier alpha value is -4.92. The molecule has 0 atom stereocenters. The SMILES string of the molecule is COc1ccc2c(c1)CCN(C1CCN(c3cc(C(=O)c4ccc(OCc5ccccc5)c(C)c4C)ncn3)CC1)C(=O)N2. The minimum Gasteiger partial charge on any atom is -0.497 e. The van der Waals surface area contributed by atoms with Crippen LogP contribution in [0.2, 0.25) is 0 Å². The number of hydrogen-bond acceptors (Lipinski definition) is 7. The number of methoxy groups -OCH3 is 1. The number of ether oxygens (including phenoxy) is 2. The predicted molar refractivity (Wildman–Crippen MR) is 170 cm³/mol. The van der Waals surface area contributed by atoms with Crippen molar-refractivity contribution in [3.05, 3.63) is 107 Å². The van der Waals surface area contributed by atoms with E-state index in [0.717, 1.165) is 77.6 Å². The molecule has 0 saturated carbocycles. The number of ketones is 1. The van der Waals surface area contributed by atoms with Crippen molar-refractivity contribution in [1.82, 2.24) is 14.9 Å². The third kappa shape index (κ3) is 6.08. The number of fused-ring (bicyclic) bond motifs is 1. The van der Waals surface area contributed by atoms with Crippen LogP contribution in [0.1, 0.15) is 51.1 Å². The molecule has 0 spiro atoms. The lowest BCUT2D eigenvalue weighted by Gasteiger charge is -2.38. The Kier molecular flexibility index (Phi) is 8.45. The fourth-order valence-electron chi connectivity index (χ4n) is 6.03. The van der Waals surface area contributed by atoms with E-state index in [4.69, 9.17) is 9.47 Å². The molecule has 3 aromatic carbocycles. The number of urea groups is 1. The van der Waals surface area contributed by atoms with Gasteiger partial charge in [0.05, 0.1) is 7.11 Å². The van der Waals surface area contributed by atoms with E-state index in [1.807, 2.05) is 79.4 Å². The number of nitrogens with one attached hydrogen (secondary N) is 1. The highest BCUT2D eigenvalue weighted by Crippen LogP contribution is 2.30. The predicted octanol–water partition coefficient (Wildman–Crippen LogP) is 5.97. The normalized spacial score (nSPS) is 15.3. The van der Waals surface area contributed by atoms with Gasteiger partial charge in [-0.2, -0.15) is 0 Å². The summed E-state index contributed by atoms with van der Waals surface area (Å²) < 4.78 is 11.4. The number of carbonyl (C=O) groups is 2. The van der Waals surface area contributed by atoms with Gasteiger partial charge in [-0.15, -0.1) is 0 Å². The van der Waals surface area contributed by atoms with Gasteiger partial charge in [-0.05, 0) is 85.7 Å². The van der Waals surface area contributed by atoms with E-state index >= 15 is 0 Å². The van der Waals surface area contributed by atoms with Crippen LogP contribution < -0.4 is 19.7 Å². The van der Waals surface area contributed by atoms with Crippen LogP contribution in [-0.2, 0) is 13.0 Å². The van der Waals surface area contributed by atoms with Gasteiger partial charge in [0.2, 0.25) is 5.78 Å². The summed E-state index contributed by atoms with van der Waals surface area (Å²) in [6.07, 6.45) is 3.84. The minimum atomic E-state index is -0.142. The highest BCUT2D eigenvalue weighted by atomic mass is 16.5. The Morgan fingerprint density at radius 1 is 0.955 bits per heavy atom. The molecule has 2 aliphatic rings. The van der Waals surface area contributed by atoms with Crippen molar-refractivity contribution in [2.24, 2.45) is 0 Å². The molecule has 2 aliphatic heterocycles. The van der Waals surface area contributed by atoms with E-state index in [1.165, 1.54) is 6.33 Å². The standard InChI is InChI=1S/C35H37N5O4/c1-23-24(2)32(44-21-25-7-5-4-6-8-25)12-10-29(23)34(41)31-20-33(37-22-36-31)39-16-14-27(15-17-39)40-18-13-26-19-28(43-3)9-11-30(26)38-35(40)42/h4-12,19-20,22,27H,13-18,21H2,1-3H3,(H,38,42). The summed E-state index contributed by atoms with van der Waals surface area (Å²) in [5.74, 6) is 2.13. The van der Waals surface area contributed by atoms with Crippen LogP contribution in [-0.4, -0.2) is 59.5 Å². The Morgan fingerprint density at radius 3 is 2.52 bits per heavy atom. The van der Waals surface area contributed by atoms with E-state index in [-0.39, 0.29) is 17.9 Å². The number of anilines is 2. The molecule has 1 aromatic heterocycles. The van der Waals surface area contributed by atoms with E-state index in [9.17, 15) is 9.59 Å². The first kappa shape index (κ1) is 29.2. The van der Waals surface area contributed by atoms with Gasteiger partial charge in [0.1, 0.15) is 35.9 Å². The van der Waals surface area contributed by atoms with Crippen molar-refractivity contribution in [1.29, 1.82) is 0 Å². The Labute approximate surface area is 257 Å². The van der Waals surface area contributed by atoms with Gasteiger partial charge in [0, 0.05) is 43.0 Å². The summed E-state index contributed by atoms with van der Waals surface area (Å²) in [4.78, 5) is 39.7. The fourth-order valence-corrected chi connectivity index (χ4v) is 6.03. The van der Waals surface area contributed by atoms with E-state index in [2.05, 4.69) is 20.2 Å². The summed E-state index contributed by atoms with van der Waals surface area (Å²) in [6, 6.07) is 21.3. The fraction of sp³-hybridized carbons (Fsp3) is 0.314.